The van der Waals surface area contributed by atoms with E-state index in [4.69, 9.17) is 0 Å². The van der Waals surface area contributed by atoms with Crippen molar-refractivity contribution in [1.82, 2.24) is 20.0 Å². The number of fused-ring (bicyclic) bond motifs is 1. The molecular formula is C15H21BrIN5. The molecule has 1 aliphatic carbocycles. The molecule has 2 N–H and O–H groups in total. The molecule has 22 heavy (non-hydrogen) atoms. The van der Waals surface area contributed by atoms with E-state index < -0.39 is 0 Å². The van der Waals surface area contributed by atoms with Crippen LogP contribution in [0.25, 0.3) is 5.65 Å². The van der Waals surface area contributed by atoms with Crippen LogP contribution in [0.1, 0.15) is 26.0 Å². The van der Waals surface area contributed by atoms with E-state index in [1.807, 2.05) is 28.9 Å². The zero-order valence-electron chi connectivity index (χ0n) is 12.7. The Morgan fingerprint density at radius 3 is 2.91 bits per heavy atom. The van der Waals surface area contributed by atoms with Crippen molar-refractivity contribution < 1.29 is 0 Å². The fraction of sp³-hybridized carbons (Fsp3) is 0.467. The third-order valence-electron chi connectivity index (χ3n) is 3.64. The molecule has 120 valence electrons. The summed E-state index contributed by atoms with van der Waals surface area (Å²) < 4.78 is 3.05. The van der Waals surface area contributed by atoms with Crippen molar-refractivity contribution in [2.45, 2.75) is 32.9 Å². The van der Waals surface area contributed by atoms with Gasteiger partial charge in [0.15, 0.2) is 5.96 Å². The van der Waals surface area contributed by atoms with Gasteiger partial charge >= 0.3 is 0 Å². The summed E-state index contributed by atoms with van der Waals surface area (Å²) in [7, 11) is 0. The van der Waals surface area contributed by atoms with E-state index >= 15 is 0 Å². The molecule has 2 aromatic heterocycles. The number of rotatable bonds is 4. The monoisotopic (exact) mass is 477 g/mol. The number of pyridine rings is 1. The van der Waals surface area contributed by atoms with Crippen molar-refractivity contribution in [3.63, 3.8) is 0 Å². The van der Waals surface area contributed by atoms with Crippen LogP contribution in [0.4, 0.5) is 0 Å². The fourth-order valence-electron chi connectivity index (χ4n) is 2.27. The van der Waals surface area contributed by atoms with Gasteiger partial charge in [-0.25, -0.2) is 9.98 Å². The van der Waals surface area contributed by atoms with Crippen LogP contribution >= 0.6 is 39.9 Å². The Hall–Kier alpha value is -0.830. The summed E-state index contributed by atoms with van der Waals surface area (Å²) in [6.07, 6.45) is 5.25. The Bertz CT molecular complexity index is 669. The molecule has 1 fully saturated rings. The standard InChI is InChI=1S/C15H20BrN5.HI/c1-3-17-15(20-13-6-10(13)2)18-7-12-9-21-8-11(16)4-5-14(21)19-12;/h4-5,8-10,13H,3,6-7H2,1-2H3,(H2,17,18,20);1H. The minimum absolute atomic E-state index is 0. The van der Waals surface area contributed by atoms with Gasteiger partial charge in [0.2, 0.25) is 0 Å². The summed E-state index contributed by atoms with van der Waals surface area (Å²) in [6, 6.07) is 4.56. The molecule has 0 spiro atoms. The van der Waals surface area contributed by atoms with E-state index in [0.29, 0.717) is 12.6 Å². The first kappa shape index (κ1) is 17.5. The normalized spacial score (nSPS) is 20.6. The molecule has 3 rings (SSSR count). The lowest BCUT2D eigenvalue weighted by atomic mass is 10.5. The molecule has 0 amide bonds. The number of halogens is 2. The number of hydrogen-bond donors (Lipinski definition) is 2. The SMILES string of the molecule is CCNC(=NCc1cn2cc(Br)ccc2n1)NC1CC1C.I. The molecule has 5 nitrogen and oxygen atoms in total. The van der Waals surface area contributed by atoms with Crippen LogP contribution in [0.3, 0.4) is 0 Å². The number of hydrogen-bond acceptors (Lipinski definition) is 2. The van der Waals surface area contributed by atoms with Gasteiger partial charge in [0, 0.05) is 29.5 Å². The first-order chi connectivity index (χ1) is 10.2. The van der Waals surface area contributed by atoms with E-state index in [2.05, 4.69) is 50.4 Å². The zero-order valence-corrected chi connectivity index (χ0v) is 16.6. The number of imidazole rings is 1. The molecule has 0 saturated heterocycles. The van der Waals surface area contributed by atoms with E-state index in [9.17, 15) is 0 Å². The minimum atomic E-state index is 0. The van der Waals surface area contributed by atoms with Crippen molar-refractivity contribution in [1.29, 1.82) is 0 Å². The highest BCUT2D eigenvalue weighted by Gasteiger charge is 2.33. The lowest BCUT2D eigenvalue weighted by Crippen LogP contribution is -2.39. The second kappa shape index (κ2) is 7.63. The Labute approximate surface area is 156 Å². The molecule has 0 radical (unpaired) electrons. The van der Waals surface area contributed by atoms with Crippen molar-refractivity contribution in [2.24, 2.45) is 10.9 Å². The predicted molar refractivity (Wildman–Crippen MR) is 104 cm³/mol. The van der Waals surface area contributed by atoms with Gasteiger partial charge in [-0.3, -0.25) is 0 Å². The average molecular weight is 478 g/mol. The molecule has 0 aromatic carbocycles. The Morgan fingerprint density at radius 2 is 2.23 bits per heavy atom. The quantitative estimate of drug-likeness (QED) is 0.404. The second-order valence-electron chi connectivity index (χ2n) is 5.50. The van der Waals surface area contributed by atoms with Crippen LogP contribution in [-0.4, -0.2) is 27.9 Å². The van der Waals surface area contributed by atoms with Gasteiger partial charge in [-0.2, -0.15) is 0 Å². The highest BCUT2D eigenvalue weighted by molar-refractivity contribution is 14.0. The van der Waals surface area contributed by atoms with Crippen LogP contribution < -0.4 is 10.6 Å². The summed E-state index contributed by atoms with van der Waals surface area (Å²) in [5.74, 6) is 1.63. The van der Waals surface area contributed by atoms with Gasteiger partial charge in [-0.1, -0.05) is 6.92 Å². The van der Waals surface area contributed by atoms with Crippen LogP contribution in [-0.2, 0) is 6.54 Å². The van der Waals surface area contributed by atoms with Crippen molar-refractivity contribution >= 4 is 51.5 Å². The molecule has 1 aliphatic rings. The third-order valence-corrected chi connectivity index (χ3v) is 4.11. The average Bonchev–Trinajstić information content (AvgIpc) is 2.99. The van der Waals surface area contributed by atoms with Gasteiger partial charge in [0.25, 0.3) is 0 Å². The Kier molecular flexibility index (Phi) is 6.08. The number of nitrogens with zero attached hydrogens (tertiary/aromatic N) is 3. The Balaban J connectivity index is 0.00000176. The molecule has 2 unspecified atom stereocenters. The smallest absolute Gasteiger partial charge is 0.191 e. The number of nitrogens with one attached hydrogen (secondary N) is 2. The third kappa shape index (κ3) is 4.34. The number of aromatic nitrogens is 2. The van der Waals surface area contributed by atoms with E-state index in [0.717, 1.165) is 34.2 Å². The van der Waals surface area contributed by atoms with Gasteiger partial charge in [0.05, 0.1) is 12.2 Å². The first-order valence-electron chi connectivity index (χ1n) is 7.33. The molecule has 2 aromatic rings. The summed E-state index contributed by atoms with van der Waals surface area (Å²) in [4.78, 5) is 9.20. The van der Waals surface area contributed by atoms with Crippen molar-refractivity contribution in [2.75, 3.05) is 6.54 Å². The van der Waals surface area contributed by atoms with Crippen LogP contribution in [0.5, 0.6) is 0 Å². The van der Waals surface area contributed by atoms with Gasteiger partial charge in [0.1, 0.15) is 5.65 Å². The molecule has 0 bridgehead atoms. The summed E-state index contributed by atoms with van der Waals surface area (Å²) in [5.41, 5.74) is 1.91. The minimum Gasteiger partial charge on any atom is -0.357 e. The molecule has 2 heterocycles. The maximum atomic E-state index is 4.62. The van der Waals surface area contributed by atoms with Gasteiger partial charge in [-0.05, 0) is 47.3 Å². The molecule has 1 saturated carbocycles. The van der Waals surface area contributed by atoms with E-state index in [-0.39, 0.29) is 24.0 Å². The van der Waals surface area contributed by atoms with Crippen molar-refractivity contribution in [3.8, 4) is 0 Å². The molecular weight excluding hydrogens is 457 g/mol. The lowest BCUT2D eigenvalue weighted by Gasteiger charge is -2.10. The maximum absolute atomic E-state index is 4.62. The molecule has 0 aliphatic heterocycles. The fourth-order valence-corrected chi connectivity index (χ4v) is 2.62. The summed E-state index contributed by atoms with van der Waals surface area (Å²) in [6.45, 7) is 5.78. The summed E-state index contributed by atoms with van der Waals surface area (Å²) in [5, 5.41) is 6.74. The Morgan fingerprint density at radius 1 is 1.45 bits per heavy atom. The first-order valence-corrected chi connectivity index (χ1v) is 8.13. The maximum Gasteiger partial charge on any atom is 0.191 e. The van der Waals surface area contributed by atoms with E-state index in [1.165, 1.54) is 6.42 Å². The van der Waals surface area contributed by atoms with Crippen LogP contribution in [0.2, 0.25) is 0 Å². The van der Waals surface area contributed by atoms with Crippen molar-refractivity contribution in [3.05, 3.63) is 34.7 Å². The topological polar surface area (TPSA) is 53.7 Å². The zero-order chi connectivity index (χ0) is 14.8. The number of aliphatic imine (C=N–C) groups is 1. The van der Waals surface area contributed by atoms with Crippen LogP contribution in [0.15, 0.2) is 34.0 Å². The van der Waals surface area contributed by atoms with Gasteiger partial charge < -0.3 is 15.0 Å². The molecule has 7 heteroatoms. The van der Waals surface area contributed by atoms with E-state index in [1.54, 1.807) is 0 Å². The lowest BCUT2D eigenvalue weighted by molar-refractivity contribution is 0.765. The largest absolute Gasteiger partial charge is 0.357 e. The highest BCUT2D eigenvalue weighted by atomic mass is 127. The predicted octanol–water partition coefficient (Wildman–Crippen LogP) is 3.18. The highest BCUT2D eigenvalue weighted by Crippen LogP contribution is 2.28. The second-order valence-corrected chi connectivity index (χ2v) is 6.42. The van der Waals surface area contributed by atoms with Crippen LogP contribution in [0, 0.1) is 5.92 Å². The molecule has 2 atom stereocenters. The summed E-state index contributed by atoms with van der Waals surface area (Å²) >= 11 is 3.47. The van der Waals surface area contributed by atoms with Gasteiger partial charge in [-0.15, -0.1) is 24.0 Å². The number of guanidine groups is 1.